The summed E-state index contributed by atoms with van der Waals surface area (Å²) in [7, 11) is 0. The van der Waals surface area contributed by atoms with Crippen molar-refractivity contribution in [2.75, 3.05) is 18.4 Å². The molecule has 1 aliphatic heterocycles. The number of piperidine rings is 1. The van der Waals surface area contributed by atoms with E-state index in [1.165, 1.54) is 28.3 Å². The zero-order chi connectivity index (χ0) is 23.0. The quantitative estimate of drug-likeness (QED) is 0.601. The summed E-state index contributed by atoms with van der Waals surface area (Å²) >= 11 is 1.50. The number of nitrogens with zero attached hydrogens (tertiary/aromatic N) is 1. The molecule has 4 rings (SSSR count). The van der Waals surface area contributed by atoms with Crippen LogP contribution < -0.4 is 5.32 Å². The number of benzene rings is 1. The van der Waals surface area contributed by atoms with Crippen molar-refractivity contribution in [1.29, 1.82) is 0 Å². The standard InChI is InChI=1S/C26H33FN2O2S/c1-16-8-7-13-29(15-16)25(31)22-19-12-11-17(26(2,3)4)14-21(19)32-24(22)28-23(30)18-9-5-6-10-20(18)27/h5-6,9-10,16-17H,7-8,11-15H2,1-4H3,(H,28,30)/t16-,17+/m0/s1. The van der Waals surface area contributed by atoms with E-state index in [4.69, 9.17) is 0 Å². The molecule has 32 heavy (non-hydrogen) atoms. The molecule has 1 aromatic heterocycles. The number of fused-ring (bicyclic) bond motifs is 1. The first kappa shape index (κ1) is 23.0. The number of likely N-dealkylation sites (tertiary alicyclic amines) is 1. The van der Waals surface area contributed by atoms with Gasteiger partial charge in [0, 0.05) is 18.0 Å². The second kappa shape index (κ2) is 8.97. The van der Waals surface area contributed by atoms with Crippen LogP contribution in [0.3, 0.4) is 0 Å². The first-order valence-electron chi connectivity index (χ1n) is 11.6. The zero-order valence-corrected chi connectivity index (χ0v) is 20.3. The van der Waals surface area contributed by atoms with Crippen LogP contribution in [0.1, 0.15) is 78.1 Å². The van der Waals surface area contributed by atoms with E-state index in [0.717, 1.165) is 50.8 Å². The SMILES string of the molecule is C[C@H]1CCCN(C(=O)c2c(NC(=O)c3ccccc3F)sc3c2CC[C@@H](C(C)(C)C)C3)C1. The molecular formula is C26H33FN2O2S. The lowest BCUT2D eigenvalue weighted by atomic mass is 9.72. The van der Waals surface area contributed by atoms with E-state index in [-0.39, 0.29) is 16.9 Å². The van der Waals surface area contributed by atoms with E-state index in [1.54, 1.807) is 12.1 Å². The summed E-state index contributed by atoms with van der Waals surface area (Å²) in [5.74, 6) is -0.0512. The highest BCUT2D eigenvalue weighted by atomic mass is 32.1. The molecule has 1 aromatic carbocycles. The van der Waals surface area contributed by atoms with Gasteiger partial charge in [0.1, 0.15) is 10.8 Å². The highest BCUT2D eigenvalue weighted by molar-refractivity contribution is 7.17. The molecule has 1 aliphatic carbocycles. The number of halogens is 1. The van der Waals surface area contributed by atoms with Crippen LogP contribution in [0.25, 0.3) is 0 Å². The summed E-state index contributed by atoms with van der Waals surface area (Å²) < 4.78 is 14.2. The van der Waals surface area contributed by atoms with Crippen molar-refractivity contribution in [3.63, 3.8) is 0 Å². The lowest BCUT2D eigenvalue weighted by Crippen LogP contribution is -2.39. The van der Waals surface area contributed by atoms with Crippen LogP contribution in [0.15, 0.2) is 24.3 Å². The molecule has 1 N–H and O–H groups in total. The maximum absolute atomic E-state index is 14.2. The van der Waals surface area contributed by atoms with E-state index >= 15 is 0 Å². The van der Waals surface area contributed by atoms with E-state index in [1.807, 2.05) is 4.90 Å². The molecule has 1 saturated heterocycles. The van der Waals surface area contributed by atoms with Crippen molar-refractivity contribution in [2.45, 2.75) is 59.8 Å². The lowest BCUT2D eigenvalue weighted by Gasteiger charge is -2.34. The molecule has 2 aliphatic rings. The minimum absolute atomic E-state index is 0.00330. The Hall–Kier alpha value is -2.21. The van der Waals surface area contributed by atoms with Gasteiger partial charge in [-0.15, -0.1) is 11.3 Å². The molecule has 172 valence electrons. The summed E-state index contributed by atoms with van der Waals surface area (Å²) in [6.07, 6.45) is 4.92. The molecule has 2 amide bonds. The first-order valence-corrected chi connectivity index (χ1v) is 12.5. The van der Waals surface area contributed by atoms with Crippen molar-refractivity contribution in [1.82, 2.24) is 4.90 Å². The predicted octanol–water partition coefficient (Wildman–Crippen LogP) is 6.16. The number of thiophene rings is 1. The van der Waals surface area contributed by atoms with Crippen molar-refractivity contribution >= 4 is 28.2 Å². The van der Waals surface area contributed by atoms with Crippen molar-refractivity contribution in [3.8, 4) is 0 Å². The van der Waals surface area contributed by atoms with Gasteiger partial charge >= 0.3 is 0 Å². The fourth-order valence-electron chi connectivity index (χ4n) is 4.99. The fourth-order valence-corrected chi connectivity index (χ4v) is 6.30. The summed E-state index contributed by atoms with van der Waals surface area (Å²) in [5, 5.41) is 3.47. The monoisotopic (exact) mass is 456 g/mol. The minimum atomic E-state index is -0.558. The van der Waals surface area contributed by atoms with Crippen LogP contribution in [-0.4, -0.2) is 29.8 Å². The summed E-state index contributed by atoms with van der Waals surface area (Å²) in [6.45, 7) is 10.5. The molecule has 0 spiro atoms. The molecule has 2 atom stereocenters. The van der Waals surface area contributed by atoms with E-state index < -0.39 is 11.7 Å². The van der Waals surface area contributed by atoms with Crippen LogP contribution >= 0.6 is 11.3 Å². The third-order valence-corrected chi connectivity index (χ3v) is 8.16. The van der Waals surface area contributed by atoms with Gasteiger partial charge in [0.2, 0.25) is 0 Å². The highest BCUT2D eigenvalue weighted by Crippen LogP contribution is 2.45. The van der Waals surface area contributed by atoms with Crippen LogP contribution in [-0.2, 0) is 12.8 Å². The third kappa shape index (κ3) is 4.61. The number of anilines is 1. The van der Waals surface area contributed by atoms with Crippen LogP contribution in [0, 0.1) is 23.1 Å². The Morgan fingerprint density at radius 3 is 2.62 bits per heavy atom. The Morgan fingerprint density at radius 1 is 1.19 bits per heavy atom. The van der Waals surface area contributed by atoms with E-state index in [0.29, 0.717) is 22.4 Å². The summed E-state index contributed by atoms with van der Waals surface area (Å²) in [4.78, 5) is 29.7. The minimum Gasteiger partial charge on any atom is -0.338 e. The molecule has 0 bridgehead atoms. The molecule has 0 radical (unpaired) electrons. The Balaban J connectivity index is 1.70. The van der Waals surface area contributed by atoms with Crippen LogP contribution in [0.2, 0.25) is 0 Å². The second-order valence-corrected chi connectivity index (χ2v) is 11.6. The second-order valence-electron chi connectivity index (χ2n) is 10.4. The topological polar surface area (TPSA) is 49.4 Å². The number of nitrogens with one attached hydrogen (secondary N) is 1. The number of amides is 2. The van der Waals surface area contributed by atoms with Gasteiger partial charge in [0.25, 0.3) is 11.8 Å². The predicted molar refractivity (Wildman–Crippen MR) is 128 cm³/mol. The van der Waals surface area contributed by atoms with Crippen molar-refractivity contribution in [2.24, 2.45) is 17.3 Å². The number of hydrogen-bond donors (Lipinski definition) is 1. The first-order chi connectivity index (χ1) is 15.1. The van der Waals surface area contributed by atoms with Gasteiger partial charge in [-0.1, -0.05) is 39.8 Å². The molecule has 1 fully saturated rings. The molecule has 6 heteroatoms. The maximum atomic E-state index is 14.2. The van der Waals surface area contributed by atoms with Gasteiger partial charge in [0.15, 0.2) is 0 Å². The average molecular weight is 457 g/mol. The molecular weight excluding hydrogens is 423 g/mol. The van der Waals surface area contributed by atoms with Crippen molar-refractivity contribution in [3.05, 3.63) is 51.7 Å². The molecule has 0 unspecified atom stereocenters. The van der Waals surface area contributed by atoms with Crippen LogP contribution in [0.4, 0.5) is 9.39 Å². The van der Waals surface area contributed by atoms with Crippen molar-refractivity contribution < 1.29 is 14.0 Å². The van der Waals surface area contributed by atoms with E-state index in [9.17, 15) is 14.0 Å². The Kier molecular flexibility index (Phi) is 6.44. The number of carbonyl (C=O) groups excluding carboxylic acids is 2. The highest BCUT2D eigenvalue weighted by Gasteiger charge is 2.36. The Morgan fingerprint density at radius 2 is 1.94 bits per heavy atom. The number of carbonyl (C=O) groups is 2. The van der Waals surface area contributed by atoms with Crippen LogP contribution in [0.5, 0.6) is 0 Å². The maximum Gasteiger partial charge on any atom is 0.259 e. The Labute approximate surface area is 194 Å². The fraction of sp³-hybridized carbons (Fsp3) is 0.538. The Bertz CT molecular complexity index is 1020. The average Bonchev–Trinajstić information content (AvgIpc) is 3.09. The largest absolute Gasteiger partial charge is 0.338 e. The number of rotatable bonds is 3. The zero-order valence-electron chi connectivity index (χ0n) is 19.5. The normalized spacial score (nSPS) is 21.2. The number of hydrogen-bond acceptors (Lipinski definition) is 3. The van der Waals surface area contributed by atoms with Gasteiger partial charge in [-0.2, -0.15) is 0 Å². The van der Waals surface area contributed by atoms with Gasteiger partial charge < -0.3 is 10.2 Å². The van der Waals surface area contributed by atoms with Gasteiger partial charge in [-0.05, 0) is 67.1 Å². The van der Waals surface area contributed by atoms with Gasteiger partial charge in [-0.25, -0.2) is 4.39 Å². The third-order valence-electron chi connectivity index (χ3n) is 6.99. The summed E-state index contributed by atoms with van der Waals surface area (Å²) in [6, 6.07) is 5.97. The van der Waals surface area contributed by atoms with Gasteiger partial charge in [0.05, 0.1) is 11.1 Å². The summed E-state index contributed by atoms with van der Waals surface area (Å²) in [5.41, 5.74) is 1.90. The lowest BCUT2D eigenvalue weighted by molar-refractivity contribution is 0.0683. The molecule has 2 heterocycles. The molecule has 0 saturated carbocycles. The molecule has 4 nitrogen and oxygen atoms in total. The van der Waals surface area contributed by atoms with Gasteiger partial charge in [-0.3, -0.25) is 9.59 Å². The van der Waals surface area contributed by atoms with E-state index in [2.05, 4.69) is 33.0 Å². The smallest absolute Gasteiger partial charge is 0.259 e. The molecule has 2 aromatic rings.